The van der Waals surface area contributed by atoms with Gasteiger partial charge in [0, 0.05) is 18.1 Å². The summed E-state index contributed by atoms with van der Waals surface area (Å²) in [6.07, 6.45) is 1.58. The van der Waals surface area contributed by atoms with Crippen LogP contribution in [0.5, 0.6) is 0 Å². The Hall–Kier alpha value is -4.92. The number of nitriles is 4. The Labute approximate surface area is 164 Å². The molecule has 0 aliphatic heterocycles. The molecule has 0 unspecified atom stereocenters. The summed E-state index contributed by atoms with van der Waals surface area (Å²) in [5.41, 5.74) is 2.77. The number of fused-ring (bicyclic) bond motifs is 2. The van der Waals surface area contributed by atoms with Gasteiger partial charge in [-0.15, -0.1) is 0 Å². The number of H-pyrrole nitrogens is 1. The Morgan fingerprint density at radius 1 is 0.931 bits per heavy atom. The minimum atomic E-state index is -0.127. The lowest BCUT2D eigenvalue weighted by Gasteiger charge is -2.04. The van der Waals surface area contributed by atoms with Gasteiger partial charge in [-0.2, -0.15) is 31.0 Å². The number of nitrogens with one attached hydrogen (secondary N) is 1. The molecule has 0 bridgehead atoms. The van der Waals surface area contributed by atoms with E-state index in [0.29, 0.717) is 50.9 Å². The Kier molecular flexibility index (Phi) is 4.02. The summed E-state index contributed by atoms with van der Waals surface area (Å²) in [7, 11) is 0. The van der Waals surface area contributed by atoms with E-state index in [2.05, 4.69) is 15.0 Å². The van der Waals surface area contributed by atoms with Crippen LogP contribution in [0.3, 0.4) is 0 Å². The van der Waals surface area contributed by atoms with Crippen molar-refractivity contribution in [3.63, 3.8) is 0 Å². The predicted molar refractivity (Wildman–Crippen MR) is 102 cm³/mol. The first-order chi connectivity index (χ1) is 14.1. The van der Waals surface area contributed by atoms with Gasteiger partial charge < -0.3 is 9.40 Å². The van der Waals surface area contributed by atoms with Crippen molar-refractivity contribution in [2.75, 3.05) is 0 Å². The standard InChI is InChI=1S/C21H9N7O/c1-11-26-20-21(29-11)28-17(27-20)6-16-18(12(7-22)8-23)14-4-2-3-5-15(14)19(16)13(9-24)10-25/h2-6H,1H3,(H,27,28). The lowest BCUT2D eigenvalue weighted by molar-refractivity contribution is 0.551. The molecule has 2 aromatic heterocycles. The van der Waals surface area contributed by atoms with E-state index in [9.17, 15) is 21.0 Å². The monoisotopic (exact) mass is 375 g/mol. The highest BCUT2D eigenvalue weighted by molar-refractivity contribution is 6.14. The second kappa shape index (κ2) is 6.67. The van der Waals surface area contributed by atoms with Crippen molar-refractivity contribution in [1.29, 1.82) is 21.0 Å². The molecule has 3 aromatic rings. The summed E-state index contributed by atoms with van der Waals surface area (Å²) >= 11 is 0. The number of rotatable bonds is 1. The number of hydrogen-bond donors (Lipinski definition) is 1. The third kappa shape index (κ3) is 2.66. The lowest BCUT2D eigenvalue weighted by Crippen LogP contribution is -1.91. The van der Waals surface area contributed by atoms with Crippen LogP contribution in [0, 0.1) is 52.2 Å². The number of aryl methyl sites for hydroxylation is 1. The van der Waals surface area contributed by atoms with Crippen molar-refractivity contribution in [3.8, 4) is 24.3 Å². The average Bonchev–Trinajstić information content (AvgIpc) is 3.35. The summed E-state index contributed by atoms with van der Waals surface area (Å²) in [6, 6.07) is 14.6. The van der Waals surface area contributed by atoms with Gasteiger partial charge in [-0.3, -0.25) is 0 Å². The second-order valence-electron chi connectivity index (χ2n) is 6.06. The maximum Gasteiger partial charge on any atom is 0.266 e. The number of allylic oxidation sites excluding steroid dienone is 5. The zero-order chi connectivity index (χ0) is 20.5. The molecule has 0 amide bonds. The van der Waals surface area contributed by atoms with Crippen molar-refractivity contribution < 1.29 is 4.42 Å². The molecule has 0 saturated carbocycles. The Balaban J connectivity index is 2.09. The van der Waals surface area contributed by atoms with Crippen LogP contribution in [0.1, 0.15) is 22.8 Å². The Morgan fingerprint density at radius 3 is 1.97 bits per heavy atom. The molecule has 4 rings (SSSR count). The Bertz CT molecular complexity index is 1310. The molecule has 1 N–H and O–H groups in total. The van der Waals surface area contributed by atoms with Gasteiger partial charge in [-0.1, -0.05) is 24.3 Å². The fourth-order valence-electron chi connectivity index (χ4n) is 3.33. The quantitative estimate of drug-likeness (QED) is 0.639. The van der Waals surface area contributed by atoms with Gasteiger partial charge in [0.05, 0.1) is 0 Å². The zero-order valence-electron chi connectivity index (χ0n) is 15.0. The van der Waals surface area contributed by atoms with Crippen LogP contribution in [-0.2, 0) is 0 Å². The summed E-state index contributed by atoms with van der Waals surface area (Å²) in [6.45, 7) is 1.70. The number of nitrogens with zero attached hydrogens (tertiary/aromatic N) is 6. The number of hydrogen-bond acceptors (Lipinski definition) is 7. The summed E-state index contributed by atoms with van der Waals surface area (Å²) < 4.78 is 5.39. The van der Waals surface area contributed by atoms with Gasteiger partial charge in [0.1, 0.15) is 41.2 Å². The highest BCUT2D eigenvalue weighted by Crippen LogP contribution is 2.48. The van der Waals surface area contributed by atoms with Crippen LogP contribution in [0.25, 0.3) is 28.6 Å². The number of oxazole rings is 1. The normalized spacial score (nSPS) is 12.0. The highest BCUT2D eigenvalue weighted by Gasteiger charge is 2.32. The van der Waals surface area contributed by atoms with Crippen LogP contribution < -0.4 is 0 Å². The summed E-state index contributed by atoms with van der Waals surface area (Å²) in [4.78, 5) is 11.5. The zero-order valence-corrected chi connectivity index (χ0v) is 15.0. The molecule has 1 aliphatic carbocycles. The maximum absolute atomic E-state index is 9.49. The topological polar surface area (TPSA) is 150 Å². The number of aromatic amines is 1. The molecule has 2 heterocycles. The third-order valence-electron chi connectivity index (χ3n) is 4.42. The number of imidazole rings is 1. The highest BCUT2D eigenvalue weighted by atomic mass is 16.4. The molecule has 8 nitrogen and oxygen atoms in total. The molecule has 0 fully saturated rings. The van der Waals surface area contributed by atoms with Gasteiger partial charge in [0.2, 0.25) is 0 Å². The van der Waals surface area contributed by atoms with E-state index in [1.54, 1.807) is 37.3 Å². The van der Waals surface area contributed by atoms with Gasteiger partial charge in [-0.25, -0.2) is 0 Å². The van der Waals surface area contributed by atoms with Crippen molar-refractivity contribution in [2.45, 2.75) is 6.92 Å². The molecule has 1 aromatic carbocycles. The number of aromatic nitrogens is 3. The molecule has 29 heavy (non-hydrogen) atoms. The van der Waals surface area contributed by atoms with Crippen LogP contribution in [0.2, 0.25) is 0 Å². The molecule has 8 heteroatoms. The van der Waals surface area contributed by atoms with E-state index in [1.165, 1.54) is 0 Å². The SMILES string of the molecule is Cc1nc2[nH]c(C=C3C(=C(C#N)C#N)c4ccccc4C3=C(C#N)C#N)nc2o1. The summed E-state index contributed by atoms with van der Waals surface area (Å²) in [5, 5.41) is 38.0. The first kappa shape index (κ1) is 17.5. The van der Waals surface area contributed by atoms with Crippen LogP contribution in [0.15, 0.2) is 45.4 Å². The van der Waals surface area contributed by atoms with Crippen molar-refractivity contribution in [1.82, 2.24) is 15.0 Å². The molecule has 134 valence electrons. The van der Waals surface area contributed by atoms with Crippen molar-refractivity contribution in [2.24, 2.45) is 0 Å². The fraction of sp³-hybridized carbons (Fsp3) is 0.0476. The minimum Gasteiger partial charge on any atom is -0.421 e. The molecular formula is C21H9N7O. The third-order valence-corrected chi connectivity index (χ3v) is 4.42. The van der Waals surface area contributed by atoms with E-state index in [0.717, 1.165) is 0 Å². The number of benzene rings is 1. The van der Waals surface area contributed by atoms with E-state index >= 15 is 0 Å². The van der Waals surface area contributed by atoms with Crippen LogP contribution in [-0.4, -0.2) is 15.0 Å². The van der Waals surface area contributed by atoms with Gasteiger partial charge >= 0.3 is 0 Å². The van der Waals surface area contributed by atoms with Crippen LogP contribution >= 0.6 is 0 Å². The van der Waals surface area contributed by atoms with Crippen LogP contribution in [0.4, 0.5) is 0 Å². The molecule has 0 spiro atoms. The second-order valence-corrected chi connectivity index (χ2v) is 6.06. The lowest BCUT2D eigenvalue weighted by atomic mass is 9.96. The molecule has 0 atom stereocenters. The Morgan fingerprint density at radius 2 is 1.48 bits per heavy atom. The first-order valence-electron chi connectivity index (χ1n) is 8.35. The van der Waals surface area contributed by atoms with E-state index in [4.69, 9.17) is 4.42 Å². The summed E-state index contributed by atoms with van der Waals surface area (Å²) in [5.74, 6) is 0.814. The molecule has 0 saturated heterocycles. The average molecular weight is 375 g/mol. The maximum atomic E-state index is 9.49. The molecular weight excluding hydrogens is 366 g/mol. The fourth-order valence-corrected chi connectivity index (χ4v) is 3.33. The first-order valence-corrected chi connectivity index (χ1v) is 8.35. The largest absolute Gasteiger partial charge is 0.421 e. The van der Waals surface area contributed by atoms with E-state index < -0.39 is 0 Å². The van der Waals surface area contributed by atoms with Gasteiger partial charge in [-0.05, 0) is 22.8 Å². The van der Waals surface area contributed by atoms with E-state index in [1.807, 2.05) is 24.3 Å². The smallest absolute Gasteiger partial charge is 0.266 e. The van der Waals surface area contributed by atoms with Gasteiger partial charge in [0.25, 0.3) is 5.71 Å². The molecule has 0 radical (unpaired) electrons. The van der Waals surface area contributed by atoms with Crippen molar-refractivity contribution >= 4 is 28.6 Å². The van der Waals surface area contributed by atoms with Gasteiger partial charge in [0.15, 0.2) is 11.5 Å². The predicted octanol–water partition coefficient (Wildman–Crippen LogP) is 3.56. The van der Waals surface area contributed by atoms with Crippen molar-refractivity contribution in [3.05, 3.63) is 63.8 Å². The minimum absolute atomic E-state index is 0.127. The molecule has 1 aliphatic rings. The van der Waals surface area contributed by atoms with E-state index in [-0.39, 0.29) is 11.1 Å².